The van der Waals surface area contributed by atoms with Crippen LogP contribution in [0.1, 0.15) is 61.9 Å². The number of carbonyl (C=O) groups is 1. The lowest BCUT2D eigenvalue weighted by atomic mass is 9.80. The van der Waals surface area contributed by atoms with E-state index in [2.05, 4.69) is 38.1 Å². The monoisotopic (exact) mass is 353 g/mol. The number of rotatable bonds is 4. The van der Waals surface area contributed by atoms with E-state index in [0.717, 1.165) is 37.3 Å². The van der Waals surface area contributed by atoms with Gasteiger partial charge >= 0.3 is 0 Å². The zero-order chi connectivity index (χ0) is 18.3. The Morgan fingerprint density at radius 1 is 1.42 bits per heavy atom. The van der Waals surface area contributed by atoms with Crippen molar-refractivity contribution in [1.82, 2.24) is 15.0 Å². The van der Waals surface area contributed by atoms with Crippen LogP contribution in [0, 0.1) is 12.8 Å². The standard InChI is InChI=1S/C21H27N3O2/c1-14(2)19-22-20(23-26-19)21-9-5-8-17(21)12-24(13-21)18(25)11-16-7-4-6-15(3)10-16/h4,6-7,10,14,17H,5,8-9,11-13H2,1-3H3/t17-,21-/m1/s1. The molecule has 5 heteroatoms. The smallest absolute Gasteiger partial charge is 0.229 e. The average molecular weight is 353 g/mol. The Balaban J connectivity index is 1.53. The van der Waals surface area contributed by atoms with Crippen LogP contribution in [0.4, 0.5) is 0 Å². The molecule has 5 nitrogen and oxygen atoms in total. The number of likely N-dealkylation sites (tertiary alicyclic amines) is 1. The maximum absolute atomic E-state index is 12.9. The van der Waals surface area contributed by atoms with Crippen molar-refractivity contribution in [2.24, 2.45) is 5.92 Å². The molecule has 1 aromatic carbocycles. The summed E-state index contributed by atoms with van der Waals surface area (Å²) in [7, 11) is 0. The summed E-state index contributed by atoms with van der Waals surface area (Å²) < 4.78 is 5.48. The fourth-order valence-electron chi connectivity index (χ4n) is 4.63. The van der Waals surface area contributed by atoms with E-state index in [9.17, 15) is 4.79 Å². The molecule has 1 aromatic heterocycles. The molecule has 2 fully saturated rings. The van der Waals surface area contributed by atoms with Crippen LogP contribution in [0.15, 0.2) is 28.8 Å². The number of carbonyl (C=O) groups excluding carboxylic acids is 1. The summed E-state index contributed by atoms with van der Waals surface area (Å²) in [5.74, 6) is 2.39. The van der Waals surface area contributed by atoms with E-state index in [-0.39, 0.29) is 17.2 Å². The summed E-state index contributed by atoms with van der Waals surface area (Å²) in [4.78, 5) is 19.6. The SMILES string of the molecule is Cc1cccc(CC(=O)N2C[C@H]3CCC[C@@]3(c3noc(C(C)C)n3)C2)c1. The number of aromatic nitrogens is 2. The van der Waals surface area contributed by atoms with Crippen molar-refractivity contribution in [1.29, 1.82) is 0 Å². The normalized spacial score (nSPS) is 25.1. The van der Waals surface area contributed by atoms with Gasteiger partial charge in [0.2, 0.25) is 11.8 Å². The highest BCUT2D eigenvalue weighted by Crippen LogP contribution is 2.49. The van der Waals surface area contributed by atoms with Crippen molar-refractivity contribution in [3.05, 3.63) is 47.1 Å². The van der Waals surface area contributed by atoms with Gasteiger partial charge in [-0.3, -0.25) is 4.79 Å². The lowest BCUT2D eigenvalue weighted by Crippen LogP contribution is -2.36. The van der Waals surface area contributed by atoms with Gasteiger partial charge in [0.1, 0.15) is 0 Å². The van der Waals surface area contributed by atoms with Crippen LogP contribution in [0.3, 0.4) is 0 Å². The Morgan fingerprint density at radius 2 is 2.27 bits per heavy atom. The minimum atomic E-state index is -0.112. The van der Waals surface area contributed by atoms with Crippen LogP contribution in [0.25, 0.3) is 0 Å². The first-order chi connectivity index (χ1) is 12.5. The fourth-order valence-corrected chi connectivity index (χ4v) is 4.63. The lowest BCUT2D eigenvalue weighted by Gasteiger charge is -2.24. The molecule has 0 radical (unpaired) electrons. The van der Waals surface area contributed by atoms with Gasteiger partial charge in [0.05, 0.1) is 11.8 Å². The van der Waals surface area contributed by atoms with Gasteiger partial charge in [0, 0.05) is 19.0 Å². The number of hydrogen-bond donors (Lipinski definition) is 0. The van der Waals surface area contributed by atoms with Crippen molar-refractivity contribution in [3.8, 4) is 0 Å². The van der Waals surface area contributed by atoms with Gasteiger partial charge in [-0.25, -0.2) is 0 Å². The summed E-state index contributed by atoms with van der Waals surface area (Å²) in [6, 6.07) is 8.21. The van der Waals surface area contributed by atoms with E-state index >= 15 is 0 Å². The van der Waals surface area contributed by atoms with Crippen molar-refractivity contribution >= 4 is 5.91 Å². The third-order valence-electron chi connectivity index (χ3n) is 6.04. The Kier molecular flexibility index (Phi) is 4.33. The van der Waals surface area contributed by atoms with Crippen molar-refractivity contribution in [3.63, 3.8) is 0 Å². The summed E-state index contributed by atoms with van der Waals surface area (Å²) in [5.41, 5.74) is 2.17. The van der Waals surface area contributed by atoms with Gasteiger partial charge in [-0.2, -0.15) is 4.98 Å². The number of benzene rings is 1. The second kappa shape index (κ2) is 6.53. The average Bonchev–Trinajstić information content (AvgIpc) is 3.28. The molecular formula is C21H27N3O2. The molecule has 2 aromatic rings. The van der Waals surface area contributed by atoms with Crippen LogP contribution < -0.4 is 0 Å². The third kappa shape index (κ3) is 2.93. The number of hydrogen-bond acceptors (Lipinski definition) is 4. The molecule has 0 spiro atoms. The number of aryl methyl sites for hydroxylation is 1. The Labute approximate surface area is 154 Å². The van der Waals surface area contributed by atoms with E-state index in [4.69, 9.17) is 9.51 Å². The van der Waals surface area contributed by atoms with Crippen LogP contribution in [0.5, 0.6) is 0 Å². The zero-order valence-electron chi connectivity index (χ0n) is 15.9. The molecule has 2 atom stereocenters. The van der Waals surface area contributed by atoms with Crippen LogP contribution in [-0.4, -0.2) is 34.0 Å². The minimum Gasteiger partial charge on any atom is -0.341 e. The maximum Gasteiger partial charge on any atom is 0.229 e. The highest BCUT2D eigenvalue weighted by Gasteiger charge is 2.54. The van der Waals surface area contributed by atoms with Crippen molar-refractivity contribution in [2.75, 3.05) is 13.1 Å². The maximum atomic E-state index is 12.9. The molecule has 2 aliphatic rings. The molecule has 1 saturated carbocycles. The van der Waals surface area contributed by atoms with Gasteiger partial charge < -0.3 is 9.42 Å². The molecule has 1 aliphatic carbocycles. The summed E-state index contributed by atoms with van der Waals surface area (Å²) in [6.07, 6.45) is 3.83. The summed E-state index contributed by atoms with van der Waals surface area (Å²) in [6.45, 7) is 7.72. The molecule has 26 heavy (non-hydrogen) atoms. The first-order valence-corrected chi connectivity index (χ1v) is 9.65. The van der Waals surface area contributed by atoms with Crippen LogP contribution in [-0.2, 0) is 16.6 Å². The number of amides is 1. The molecule has 0 unspecified atom stereocenters. The van der Waals surface area contributed by atoms with Gasteiger partial charge in [0.15, 0.2) is 5.82 Å². The third-order valence-corrected chi connectivity index (χ3v) is 6.04. The molecule has 1 aliphatic heterocycles. The zero-order valence-corrected chi connectivity index (χ0v) is 15.9. The molecule has 138 valence electrons. The molecule has 2 heterocycles. The van der Waals surface area contributed by atoms with E-state index in [1.807, 2.05) is 17.0 Å². The Hall–Kier alpha value is -2.17. The summed E-state index contributed by atoms with van der Waals surface area (Å²) in [5, 5.41) is 4.32. The Morgan fingerprint density at radius 3 is 3.00 bits per heavy atom. The predicted molar refractivity (Wildman–Crippen MR) is 98.9 cm³/mol. The largest absolute Gasteiger partial charge is 0.341 e. The quantitative estimate of drug-likeness (QED) is 0.842. The molecule has 4 rings (SSSR count). The molecular weight excluding hydrogens is 326 g/mol. The highest BCUT2D eigenvalue weighted by molar-refractivity contribution is 5.79. The van der Waals surface area contributed by atoms with Gasteiger partial charge in [-0.05, 0) is 31.2 Å². The van der Waals surface area contributed by atoms with E-state index in [0.29, 0.717) is 18.2 Å². The molecule has 0 bridgehead atoms. The minimum absolute atomic E-state index is 0.112. The van der Waals surface area contributed by atoms with Gasteiger partial charge in [0.25, 0.3) is 0 Å². The number of nitrogens with zero attached hydrogens (tertiary/aromatic N) is 3. The highest BCUT2D eigenvalue weighted by atomic mass is 16.5. The number of fused-ring (bicyclic) bond motifs is 1. The molecule has 1 amide bonds. The van der Waals surface area contributed by atoms with Gasteiger partial charge in [-0.1, -0.05) is 55.3 Å². The van der Waals surface area contributed by atoms with Crippen LogP contribution >= 0.6 is 0 Å². The molecule has 0 N–H and O–H groups in total. The van der Waals surface area contributed by atoms with Crippen LogP contribution in [0.2, 0.25) is 0 Å². The second-order valence-corrected chi connectivity index (χ2v) is 8.30. The second-order valence-electron chi connectivity index (χ2n) is 8.30. The van der Waals surface area contributed by atoms with E-state index < -0.39 is 0 Å². The fraction of sp³-hybridized carbons (Fsp3) is 0.571. The van der Waals surface area contributed by atoms with E-state index in [1.165, 1.54) is 12.0 Å². The van der Waals surface area contributed by atoms with Crippen molar-refractivity contribution in [2.45, 2.75) is 57.8 Å². The topological polar surface area (TPSA) is 59.2 Å². The van der Waals surface area contributed by atoms with E-state index in [1.54, 1.807) is 0 Å². The summed E-state index contributed by atoms with van der Waals surface area (Å²) >= 11 is 0. The predicted octanol–water partition coefficient (Wildman–Crippen LogP) is 3.62. The van der Waals surface area contributed by atoms with Crippen molar-refractivity contribution < 1.29 is 9.32 Å². The first-order valence-electron chi connectivity index (χ1n) is 9.65. The first kappa shape index (κ1) is 17.3. The lowest BCUT2D eigenvalue weighted by molar-refractivity contribution is -0.129. The molecule has 1 saturated heterocycles. The van der Waals surface area contributed by atoms with Gasteiger partial charge in [-0.15, -0.1) is 0 Å². The Bertz CT molecular complexity index is 813.